The molecule has 1 aliphatic heterocycles. The van der Waals surface area contributed by atoms with Gasteiger partial charge in [0.1, 0.15) is 0 Å². The van der Waals surface area contributed by atoms with Crippen LogP contribution in [0.15, 0.2) is 29.3 Å². The largest absolute Gasteiger partial charge is 0.416 e. The van der Waals surface area contributed by atoms with Gasteiger partial charge < -0.3 is 15.0 Å². The van der Waals surface area contributed by atoms with Gasteiger partial charge >= 0.3 is 6.18 Å². The van der Waals surface area contributed by atoms with E-state index < -0.39 is 11.7 Å². The fourth-order valence-electron chi connectivity index (χ4n) is 3.95. The molecule has 1 N–H and O–H groups in total. The molecule has 5 nitrogen and oxygen atoms in total. The zero-order valence-corrected chi connectivity index (χ0v) is 18.0. The Balaban J connectivity index is 1.45. The highest BCUT2D eigenvalue weighted by molar-refractivity contribution is 5.80. The van der Waals surface area contributed by atoms with E-state index in [0.717, 1.165) is 64.4 Å². The van der Waals surface area contributed by atoms with E-state index >= 15 is 0 Å². The summed E-state index contributed by atoms with van der Waals surface area (Å²) in [5, 5.41) is 3.53. The average molecular weight is 427 g/mol. The first-order chi connectivity index (χ1) is 14.3. The van der Waals surface area contributed by atoms with Crippen LogP contribution in [0.5, 0.6) is 0 Å². The highest BCUT2D eigenvalue weighted by atomic mass is 19.4. The van der Waals surface area contributed by atoms with E-state index in [9.17, 15) is 13.2 Å². The van der Waals surface area contributed by atoms with Gasteiger partial charge in [0.15, 0.2) is 5.96 Å². The van der Waals surface area contributed by atoms with Crippen LogP contribution in [0.2, 0.25) is 0 Å². The number of aliphatic imine (C=N–C) groups is 1. The molecule has 168 valence electrons. The zero-order chi connectivity index (χ0) is 21.6. The third-order valence-corrected chi connectivity index (χ3v) is 6.10. The minimum Gasteiger partial charge on any atom is -0.382 e. The monoisotopic (exact) mass is 426 g/mol. The number of alkyl halides is 3. The van der Waals surface area contributed by atoms with Gasteiger partial charge in [0, 0.05) is 59.5 Å². The van der Waals surface area contributed by atoms with Crippen molar-refractivity contribution in [2.75, 3.05) is 53.0 Å². The minimum atomic E-state index is -4.30. The molecule has 1 aliphatic carbocycles. The van der Waals surface area contributed by atoms with Crippen LogP contribution in [0.3, 0.4) is 0 Å². The Morgan fingerprint density at radius 1 is 1.20 bits per heavy atom. The van der Waals surface area contributed by atoms with E-state index in [1.54, 1.807) is 13.1 Å². The van der Waals surface area contributed by atoms with Crippen LogP contribution < -0.4 is 5.32 Å². The fourth-order valence-corrected chi connectivity index (χ4v) is 3.95. The van der Waals surface area contributed by atoms with Gasteiger partial charge in [0.2, 0.25) is 0 Å². The number of rotatable bonds is 8. The van der Waals surface area contributed by atoms with Crippen LogP contribution in [0.25, 0.3) is 0 Å². The second kappa shape index (κ2) is 10.0. The Hall–Kier alpha value is -1.80. The summed E-state index contributed by atoms with van der Waals surface area (Å²) in [5.74, 6) is 0.913. The van der Waals surface area contributed by atoms with Crippen molar-refractivity contribution in [3.8, 4) is 0 Å². The summed E-state index contributed by atoms with van der Waals surface area (Å²) in [6.07, 6.45) is -0.756. The first kappa shape index (κ1) is 22.9. The number of hydrogen-bond donors (Lipinski definition) is 1. The van der Waals surface area contributed by atoms with Crippen molar-refractivity contribution in [3.05, 3.63) is 35.4 Å². The van der Waals surface area contributed by atoms with Gasteiger partial charge in [-0.25, -0.2) is 0 Å². The fraction of sp³-hybridized carbons (Fsp3) is 0.682. The molecule has 1 aromatic rings. The lowest BCUT2D eigenvalue weighted by atomic mass is 10.0. The molecule has 0 radical (unpaired) electrons. The number of halogens is 3. The summed E-state index contributed by atoms with van der Waals surface area (Å²) in [6, 6.07) is 5.63. The van der Waals surface area contributed by atoms with Crippen molar-refractivity contribution in [1.29, 1.82) is 0 Å². The molecule has 8 heteroatoms. The molecule has 0 atom stereocenters. The molecule has 1 saturated heterocycles. The number of ether oxygens (including phenoxy) is 1. The molecule has 0 unspecified atom stereocenters. The molecule has 1 heterocycles. The van der Waals surface area contributed by atoms with Crippen LogP contribution in [0.1, 0.15) is 37.3 Å². The van der Waals surface area contributed by atoms with Gasteiger partial charge in [-0.1, -0.05) is 18.2 Å². The molecule has 1 aromatic carbocycles. The van der Waals surface area contributed by atoms with Gasteiger partial charge in [-0.2, -0.15) is 13.2 Å². The van der Waals surface area contributed by atoms with Crippen LogP contribution in [-0.4, -0.2) is 68.7 Å². The van der Waals surface area contributed by atoms with E-state index in [4.69, 9.17) is 4.74 Å². The van der Waals surface area contributed by atoms with Crippen LogP contribution in [-0.2, 0) is 17.5 Å². The molecule has 2 aliphatic rings. The second-order valence-corrected chi connectivity index (χ2v) is 8.31. The number of hydrogen-bond acceptors (Lipinski definition) is 3. The minimum absolute atomic E-state index is 0.344. The Morgan fingerprint density at radius 3 is 2.53 bits per heavy atom. The summed E-state index contributed by atoms with van der Waals surface area (Å²) in [4.78, 5) is 8.88. The molecule has 1 saturated carbocycles. The lowest BCUT2D eigenvalue weighted by Crippen LogP contribution is -2.52. The standard InChI is InChI=1S/C22H33F3N4O/c1-3-30-14-9-21(7-8-21)17-27-20(26-2)29-12-10-28(11-13-29)16-18-5-4-6-19(15-18)22(23,24)25/h4-6,15H,3,7-14,16-17H2,1-2H3,(H,26,27). The third-order valence-electron chi connectivity index (χ3n) is 6.10. The van der Waals surface area contributed by atoms with Crippen molar-refractivity contribution in [1.82, 2.24) is 15.1 Å². The van der Waals surface area contributed by atoms with E-state index in [1.807, 2.05) is 6.92 Å². The van der Waals surface area contributed by atoms with Crippen molar-refractivity contribution >= 4 is 5.96 Å². The summed E-state index contributed by atoms with van der Waals surface area (Å²) < 4.78 is 44.3. The van der Waals surface area contributed by atoms with Crippen LogP contribution >= 0.6 is 0 Å². The number of nitrogens with zero attached hydrogens (tertiary/aromatic N) is 3. The molecule has 2 fully saturated rings. The summed E-state index contributed by atoms with van der Waals surface area (Å²) in [6.45, 7) is 8.25. The third kappa shape index (κ3) is 6.35. The lowest BCUT2D eigenvalue weighted by molar-refractivity contribution is -0.137. The second-order valence-electron chi connectivity index (χ2n) is 8.31. The maximum absolute atomic E-state index is 12.9. The predicted molar refractivity (Wildman–Crippen MR) is 112 cm³/mol. The maximum Gasteiger partial charge on any atom is 0.416 e. The van der Waals surface area contributed by atoms with E-state index in [-0.39, 0.29) is 0 Å². The zero-order valence-electron chi connectivity index (χ0n) is 18.0. The van der Waals surface area contributed by atoms with Crippen LogP contribution in [0.4, 0.5) is 13.2 Å². The quantitative estimate of drug-likeness (QED) is 0.392. The number of piperazine rings is 1. The molecular formula is C22H33F3N4O. The van der Waals surface area contributed by atoms with Gasteiger partial charge in [0.25, 0.3) is 0 Å². The molecule has 3 rings (SSSR count). The molecule has 0 bridgehead atoms. The summed E-state index contributed by atoms with van der Waals surface area (Å²) in [5.41, 5.74) is 0.462. The highest BCUT2D eigenvalue weighted by Crippen LogP contribution is 2.48. The van der Waals surface area contributed by atoms with Crippen molar-refractivity contribution in [2.45, 2.75) is 38.9 Å². The Kier molecular flexibility index (Phi) is 7.63. The number of guanidine groups is 1. The van der Waals surface area contributed by atoms with E-state index in [0.29, 0.717) is 17.5 Å². The lowest BCUT2D eigenvalue weighted by Gasteiger charge is -2.37. The molecule has 0 aromatic heterocycles. The van der Waals surface area contributed by atoms with Crippen molar-refractivity contribution in [3.63, 3.8) is 0 Å². The maximum atomic E-state index is 12.9. The molecule has 0 spiro atoms. The Labute approximate surface area is 177 Å². The first-order valence-corrected chi connectivity index (χ1v) is 10.8. The van der Waals surface area contributed by atoms with E-state index in [2.05, 4.69) is 20.1 Å². The van der Waals surface area contributed by atoms with Gasteiger partial charge in [-0.15, -0.1) is 0 Å². The predicted octanol–water partition coefficient (Wildman–Crippen LogP) is 3.61. The SMILES string of the molecule is CCOCCC1(CNC(=NC)N2CCN(Cc3cccc(C(F)(F)F)c3)CC2)CC1. The first-order valence-electron chi connectivity index (χ1n) is 10.8. The van der Waals surface area contributed by atoms with Crippen molar-refractivity contribution in [2.24, 2.45) is 10.4 Å². The van der Waals surface area contributed by atoms with Crippen LogP contribution in [0, 0.1) is 5.41 Å². The van der Waals surface area contributed by atoms with Crippen molar-refractivity contribution < 1.29 is 17.9 Å². The average Bonchev–Trinajstić information content (AvgIpc) is 3.49. The van der Waals surface area contributed by atoms with Gasteiger partial charge in [-0.3, -0.25) is 9.89 Å². The summed E-state index contributed by atoms with van der Waals surface area (Å²) >= 11 is 0. The molecular weight excluding hydrogens is 393 g/mol. The molecule has 0 amide bonds. The number of benzene rings is 1. The Bertz CT molecular complexity index is 711. The Morgan fingerprint density at radius 2 is 1.93 bits per heavy atom. The molecule has 30 heavy (non-hydrogen) atoms. The normalized spacial score (nSPS) is 19.8. The highest BCUT2D eigenvalue weighted by Gasteiger charge is 2.42. The summed E-state index contributed by atoms with van der Waals surface area (Å²) in [7, 11) is 1.80. The van der Waals surface area contributed by atoms with E-state index in [1.165, 1.54) is 25.0 Å². The number of nitrogens with one attached hydrogen (secondary N) is 1. The van der Waals surface area contributed by atoms with Gasteiger partial charge in [-0.05, 0) is 43.2 Å². The smallest absolute Gasteiger partial charge is 0.382 e. The topological polar surface area (TPSA) is 40.1 Å². The van der Waals surface area contributed by atoms with Gasteiger partial charge in [0.05, 0.1) is 5.56 Å².